The number of fused-ring (bicyclic) bond motifs is 1. The largest absolute Gasteiger partial charge is 0.508 e. The molecule has 164 valence electrons. The van der Waals surface area contributed by atoms with Crippen molar-refractivity contribution in [3.63, 3.8) is 0 Å². The molecule has 1 aliphatic rings. The summed E-state index contributed by atoms with van der Waals surface area (Å²) in [5.41, 5.74) is 1.54. The van der Waals surface area contributed by atoms with Crippen LogP contribution in [-0.4, -0.2) is 38.3 Å². The molecule has 2 N–H and O–H groups in total. The monoisotopic (exact) mass is 474 g/mol. The highest BCUT2D eigenvalue weighted by Crippen LogP contribution is 2.33. The third-order valence-electron chi connectivity index (χ3n) is 5.13. The lowest BCUT2D eigenvalue weighted by Crippen LogP contribution is -2.38. The van der Waals surface area contributed by atoms with Crippen LogP contribution in [0, 0.1) is 5.82 Å². The summed E-state index contributed by atoms with van der Waals surface area (Å²) in [5, 5.41) is 12.5. The van der Waals surface area contributed by atoms with Crippen molar-refractivity contribution in [2.75, 3.05) is 6.54 Å². The molecule has 0 fully saturated rings. The molecule has 1 aliphatic heterocycles. The summed E-state index contributed by atoms with van der Waals surface area (Å²) in [5.74, 6) is -1.40. The number of hydrogen-bond acceptors (Lipinski definition) is 5. The van der Waals surface area contributed by atoms with Gasteiger partial charge in [0.05, 0.1) is 29.5 Å². The number of aromatic hydroxyl groups is 1. The van der Waals surface area contributed by atoms with E-state index in [1.165, 1.54) is 29.3 Å². The molecule has 2 amide bonds. The first-order chi connectivity index (χ1) is 15.2. The molecule has 0 radical (unpaired) electrons. The Labute approximate surface area is 192 Å². The predicted molar refractivity (Wildman–Crippen MR) is 117 cm³/mol. The topological polar surface area (TPSA) is 95.4 Å². The van der Waals surface area contributed by atoms with E-state index in [4.69, 9.17) is 23.2 Å². The fraction of sp³-hybridized carbons (Fsp3) is 0.182. The standard InChI is InChI=1S/C22H17Cl2FN4O3/c1-11(12-3-2-4-14(30)5-12)27-19(31)10-29-9-16-15(21(29)32)6-13(7-18(16)25)20-17(23)8-26-22(24)28-20/h2-8,11,30H,9-10H2,1H3,(H,27,31)/t11-/m1/s1. The smallest absolute Gasteiger partial charge is 0.255 e. The van der Waals surface area contributed by atoms with Crippen LogP contribution in [0.1, 0.15) is 34.5 Å². The van der Waals surface area contributed by atoms with E-state index in [2.05, 4.69) is 15.3 Å². The van der Waals surface area contributed by atoms with Crippen LogP contribution in [0.15, 0.2) is 42.6 Å². The van der Waals surface area contributed by atoms with Crippen molar-refractivity contribution < 1.29 is 19.1 Å². The fourth-order valence-electron chi connectivity index (χ4n) is 3.57. The number of carbonyl (C=O) groups is 2. The maximum atomic E-state index is 14.8. The van der Waals surface area contributed by atoms with Gasteiger partial charge in [0.25, 0.3) is 5.91 Å². The lowest BCUT2D eigenvalue weighted by Gasteiger charge is -2.19. The summed E-state index contributed by atoms with van der Waals surface area (Å²) in [6.45, 7) is 1.48. The van der Waals surface area contributed by atoms with Crippen molar-refractivity contribution >= 4 is 35.0 Å². The van der Waals surface area contributed by atoms with Crippen LogP contribution in [0.5, 0.6) is 5.75 Å². The van der Waals surface area contributed by atoms with Crippen molar-refractivity contribution in [1.29, 1.82) is 0 Å². The molecular weight excluding hydrogens is 458 g/mol. The summed E-state index contributed by atoms with van der Waals surface area (Å²) in [6.07, 6.45) is 1.30. The number of phenols is 1. The molecule has 10 heteroatoms. The minimum Gasteiger partial charge on any atom is -0.508 e. The zero-order valence-electron chi connectivity index (χ0n) is 16.8. The number of aromatic nitrogens is 2. The summed E-state index contributed by atoms with van der Waals surface area (Å²) in [7, 11) is 0. The zero-order valence-corrected chi connectivity index (χ0v) is 18.3. The molecule has 0 unspecified atom stereocenters. The number of nitrogens with one attached hydrogen (secondary N) is 1. The second-order valence-corrected chi connectivity index (χ2v) is 8.11. The molecule has 4 rings (SSSR count). The minimum absolute atomic E-state index is 0.0352. The second kappa shape index (κ2) is 8.72. The lowest BCUT2D eigenvalue weighted by atomic mass is 10.0. The van der Waals surface area contributed by atoms with Gasteiger partial charge >= 0.3 is 0 Å². The molecule has 3 aromatic rings. The molecule has 0 spiro atoms. The normalized spacial score (nSPS) is 13.8. The Bertz CT molecular complexity index is 1240. The maximum Gasteiger partial charge on any atom is 0.255 e. The first kappa shape index (κ1) is 22.0. The van der Waals surface area contributed by atoms with E-state index in [-0.39, 0.29) is 57.6 Å². The van der Waals surface area contributed by atoms with Crippen LogP contribution in [0.4, 0.5) is 4.39 Å². The summed E-state index contributed by atoms with van der Waals surface area (Å²) in [6, 6.07) is 8.84. The second-order valence-electron chi connectivity index (χ2n) is 7.37. The fourth-order valence-corrected chi connectivity index (χ4v) is 3.90. The highest BCUT2D eigenvalue weighted by Gasteiger charge is 2.32. The quantitative estimate of drug-likeness (QED) is 0.542. The summed E-state index contributed by atoms with van der Waals surface area (Å²) in [4.78, 5) is 34.4. The predicted octanol–water partition coefficient (Wildman–Crippen LogP) is 4.13. The lowest BCUT2D eigenvalue weighted by molar-refractivity contribution is -0.122. The summed E-state index contributed by atoms with van der Waals surface area (Å²) < 4.78 is 14.8. The van der Waals surface area contributed by atoms with Crippen LogP contribution >= 0.6 is 23.2 Å². The highest BCUT2D eigenvalue weighted by molar-refractivity contribution is 6.33. The van der Waals surface area contributed by atoms with Gasteiger partial charge in [-0.25, -0.2) is 14.4 Å². The third kappa shape index (κ3) is 4.37. The molecule has 0 saturated carbocycles. The average Bonchev–Trinajstić information content (AvgIpc) is 3.05. The summed E-state index contributed by atoms with van der Waals surface area (Å²) >= 11 is 11.9. The van der Waals surface area contributed by atoms with Gasteiger partial charge in [0.15, 0.2) is 0 Å². The number of phenolic OH excluding ortho intramolecular Hbond substituents is 1. The van der Waals surface area contributed by atoms with E-state index in [0.717, 1.165) is 0 Å². The third-order valence-corrected chi connectivity index (χ3v) is 5.59. The van der Waals surface area contributed by atoms with E-state index >= 15 is 0 Å². The van der Waals surface area contributed by atoms with Crippen molar-refractivity contribution in [2.24, 2.45) is 0 Å². The van der Waals surface area contributed by atoms with Gasteiger partial charge in [-0.15, -0.1) is 0 Å². The number of benzene rings is 2. The molecule has 1 aromatic heterocycles. The van der Waals surface area contributed by atoms with Crippen LogP contribution in [-0.2, 0) is 11.3 Å². The number of nitrogens with zero attached hydrogens (tertiary/aromatic N) is 3. The molecule has 0 bridgehead atoms. The Morgan fingerprint density at radius 1 is 1.31 bits per heavy atom. The first-order valence-corrected chi connectivity index (χ1v) is 10.4. The number of carbonyl (C=O) groups excluding carboxylic acids is 2. The zero-order chi connectivity index (χ0) is 23.0. The molecule has 0 aliphatic carbocycles. The van der Waals surface area contributed by atoms with Gasteiger partial charge in [0, 0.05) is 16.7 Å². The Kier molecular flexibility index (Phi) is 5.99. The molecule has 2 heterocycles. The van der Waals surface area contributed by atoms with E-state index in [0.29, 0.717) is 5.56 Å². The van der Waals surface area contributed by atoms with Gasteiger partial charge in [0.2, 0.25) is 11.2 Å². The Morgan fingerprint density at radius 3 is 2.84 bits per heavy atom. The Balaban J connectivity index is 1.51. The number of halogens is 3. The van der Waals surface area contributed by atoms with Gasteiger partial charge in [-0.2, -0.15) is 0 Å². The van der Waals surface area contributed by atoms with E-state index in [9.17, 15) is 19.1 Å². The van der Waals surface area contributed by atoms with Crippen molar-refractivity contribution in [3.05, 3.63) is 75.4 Å². The Morgan fingerprint density at radius 2 is 2.09 bits per heavy atom. The molecule has 32 heavy (non-hydrogen) atoms. The van der Waals surface area contributed by atoms with E-state index < -0.39 is 17.6 Å². The SMILES string of the molecule is C[C@@H](NC(=O)CN1Cc2c(F)cc(-c3nc(Cl)ncc3Cl)cc2C1=O)c1cccc(O)c1. The molecular formula is C22H17Cl2FN4O3. The van der Waals surface area contributed by atoms with Gasteiger partial charge in [-0.3, -0.25) is 9.59 Å². The van der Waals surface area contributed by atoms with Crippen molar-refractivity contribution in [3.8, 4) is 17.0 Å². The highest BCUT2D eigenvalue weighted by atomic mass is 35.5. The maximum absolute atomic E-state index is 14.8. The van der Waals surface area contributed by atoms with E-state index in [1.54, 1.807) is 25.1 Å². The minimum atomic E-state index is -0.604. The van der Waals surface area contributed by atoms with E-state index in [1.807, 2.05) is 0 Å². The molecule has 2 aromatic carbocycles. The number of hydrogen-bond donors (Lipinski definition) is 2. The van der Waals surface area contributed by atoms with Crippen LogP contribution < -0.4 is 5.32 Å². The van der Waals surface area contributed by atoms with Gasteiger partial charge < -0.3 is 15.3 Å². The number of rotatable bonds is 5. The number of amides is 2. The van der Waals surface area contributed by atoms with Crippen LogP contribution in [0.25, 0.3) is 11.3 Å². The molecule has 0 saturated heterocycles. The van der Waals surface area contributed by atoms with Crippen molar-refractivity contribution in [1.82, 2.24) is 20.2 Å². The van der Waals surface area contributed by atoms with Crippen LogP contribution in [0.3, 0.4) is 0 Å². The van der Waals surface area contributed by atoms with Gasteiger partial charge in [0.1, 0.15) is 18.1 Å². The molecule has 1 atom stereocenters. The van der Waals surface area contributed by atoms with Gasteiger partial charge in [-0.05, 0) is 48.4 Å². The van der Waals surface area contributed by atoms with Crippen molar-refractivity contribution in [2.45, 2.75) is 19.5 Å². The first-order valence-electron chi connectivity index (χ1n) is 9.61. The average molecular weight is 475 g/mol. The van der Waals surface area contributed by atoms with Crippen LogP contribution in [0.2, 0.25) is 10.3 Å². The van der Waals surface area contributed by atoms with Gasteiger partial charge in [-0.1, -0.05) is 23.7 Å². The Hall–Kier alpha value is -3.23. The molecule has 7 nitrogen and oxygen atoms in total.